The summed E-state index contributed by atoms with van der Waals surface area (Å²) < 4.78 is 10.7. The van der Waals surface area contributed by atoms with Crippen molar-refractivity contribution in [2.45, 2.75) is 31.8 Å². The van der Waals surface area contributed by atoms with Gasteiger partial charge in [0.15, 0.2) is 12.2 Å². The molecule has 14 heavy (non-hydrogen) atoms. The molecule has 1 saturated heterocycles. The Morgan fingerprint density at radius 3 is 3.14 bits per heavy atom. The van der Waals surface area contributed by atoms with Gasteiger partial charge in [0.2, 0.25) is 0 Å². The van der Waals surface area contributed by atoms with Crippen molar-refractivity contribution in [2.75, 3.05) is 6.61 Å². The van der Waals surface area contributed by atoms with Crippen molar-refractivity contribution in [1.29, 1.82) is 0 Å². The van der Waals surface area contributed by atoms with Crippen molar-refractivity contribution in [2.24, 2.45) is 0 Å². The van der Waals surface area contributed by atoms with Crippen molar-refractivity contribution >= 4 is 6.29 Å². The van der Waals surface area contributed by atoms with Gasteiger partial charge in [-0.3, -0.25) is 4.79 Å². The highest BCUT2D eigenvalue weighted by atomic mass is 16.5. The van der Waals surface area contributed by atoms with Gasteiger partial charge in [-0.25, -0.2) is 4.98 Å². The number of aldehydes is 1. The maximum Gasteiger partial charge on any atom is 0.197 e. The van der Waals surface area contributed by atoms with Crippen LogP contribution in [0.15, 0.2) is 10.7 Å². The normalized spacial score (nSPS) is 22.1. The molecule has 0 bridgehead atoms. The summed E-state index contributed by atoms with van der Waals surface area (Å²) in [5.41, 5.74) is 0.357. The molecular weight excluding hydrogens is 182 g/mol. The molecule has 1 aliphatic heterocycles. The number of rotatable bonds is 3. The standard InChI is InChI=1S/C10H13NO3/c12-6-8-7-14-10(11-8)5-9-3-1-2-4-13-9/h6-7,9H,1-5H2. The second kappa shape index (κ2) is 4.37. The molecule has 1 aliphatic rings. The van der Waals surface area contributed by atoms with Crippen molar-refractivity contribution < 1.29 is 13.9 Å². The molecule has 2 rings (SSSR count). The Bertz CT molecular complexity index is 302. The summed E-state index contributed by atoms with van der Waals surface area (Å²) in [5, 5.41) is 0. The molecule has 1 aromatic heterocycles. The van der Waals surface area contributed by atoms with Gasteiger partial charge in [-0.2, -0.15) is 0 Å². The number of hydrogen-bond acceptors (Lipinski definition) is 4. The predicted octanol–water partition coefficient (Wildman–Crippen LogP) is 1.60. The fourth-order valence-electron chi connectivity index (χ4n) is 1.64. The molecule has 0 saturated carbocycles. The molecule has 2 heterocycles. The number of carbonyl (C=O) groups excluding carboxylic acids is 1. The second-order valence-electron chi connectivity index (χ2n) is 3.48. The van der Waals surface area contributed by atoms with Crippen LogP contribution >= 0.6 is 0 Å². The average Bonchev–Trinajstić information content (AvgIpc) is 2.67. The van der Waals surface area contributed by atoms with E-state index in [9.17, 15) is 4.79 Å². The first-order valence-electron chi connectivity index (χ1n) is 4.89. The summed E-state index contributed by atoms with van der Waals surface area (Å²) >= 11 is 0. The SMILES string of the molecule is O=Cc1coc(CC2CCCCO2)n1. The number of aromatic nitrogens is 1. The van der Waals surface area contributed by atoms with Crippen LogP contribution in [-0.2, 0) is 11.2 Å². The Kier molecular flexibility index (Phi) is 2.93. The summed E-state index contributed by atoms with van der Waals surface area (Å²) in [7, 11) is 0. The zero-order valence-electron chi connectivity index (χ0n) is 7.94. The highest BCUT2D eigenvalue weighted by molar-refractivity contribution is 5.70. The summed E-state index contributed by atoms with van der Waals surface area (Å²) in [6, 6.07) is 0. The third-order valence-corrected chi connectivity index (χ3v) is 2.37. The molecule has 0 aromatic carbocycles. The lowest BCUT2D eigenvalue weighted by molar-refractivity contribution is 0.0132. The molecule has 4 nitrogen and oxygen atoms in total. The Hall–Kier alpha value is -1.16. The number of oxazole rings is 1. The number of hydrogen-bond donors (Lipinski definition) is 0. The number of ether oxygens (including phenoxy) is 1. The van der Waals surface area contributed by atoms with Crippen LogP contribution in [0.4, 0.5) is 0 Å². The van der Waals surface area contributed by atoms with Crippen molar-refractivity contribution in [1.82, 2.24) is 4.98 Å². The van der Waals surface area contributed by atoms with Crippen LogP contribution in [0.2, 0.25) is 0 Å². The lowest BCUT2D eigenvalue weighted by atomic mass is 10.1. The molecule has 1 fully saturated rings. The van der Waals surface area contributed by atoms with Crippen molar-refractivity contribution in [3.63, 3.8) is 0 Å². The van der Waals surface area contributed by atoms with E-state index in [-0.39, 0.29) is 6.10 Å². The first-order chi connectivity index (χ1) is 6.88. The molecule has 4 heteroatoms. The molecule has 1 unspecified atom stereocenters. The van der Waals surface area contributed by atoms with Crippen molar-refractivity contribution in [3.05, 3.63) is 17.8 Å². The van der Waals surface area contributed by atoms with E-state index in [1.54, 1.807) is 0 Å². The zero-order valence-corrected chi connectivity index (χ0v) is 7.94. The molecular formula is C10H13NO3. The first kappa shape index (κ1) is 9.40. The lowest BCUT2D eigenvalue weighted by Gasteiger charge is -2.20. The molecule has 0 spiro atoms. The van der Waals surface area contributed by atoms with Crippen LogP contribution in [0.3, 0.4) is 0 Å². The Balaban J connectivity index is 1.92. The zero-order chi connectivity index (χ0) is 9.80. The molecule has 0 amide bonds. The average molecular weight is 195 g/mol. The smallest absolute Gasteiger partial charge is 0.197 e. The van der Waals surface area contributed by atoms with Gasteiger partial charge in [-0.1, -0.05) is 0 Å². The topological polar surface area (TPSA) is 52.3 Å². The Labute approximate surface area is 82.3 Å². The van der Waals surface area contributed by atoms with Gasteiger partial charge in [-0.15, -0.1) is 0 Å². The van der Waals surface area contributed by atoms with E-state index in [2.05, 4.69) is 4.98 Å². The third kappa shape index (κ3) is 2.20. The molecule has 76 valence electrons. The minimum atomic E-state index is 0.210. The van der Waals surface area contributed by atoms with E-state index in [4.69, 9.17) is 9.15 Å². The van der Waals surface area contributed by atoms with Crippen LogP contribution in [0.1, 0.15) is 35.6 Å². The van der Waals surface area contributed by atoms with E-state index in [1.807, 2.05) is 0 Å². The fraction of sp³-hybridized carbons (Fsp3) is 0.600. The quantitative estimate of drug-likeness (QED) is 0.687. The lowest BCUT2D eigenvalue weighted by Crippen LogP contribution is -2.21. The van der Waals surface area contributed by atoms with Crippen molar-refractivity contribution in [3.8, 4) is 0 Å². The Morgan fingerprint density at radius 2 is 2.50 bits per heavy atom. The number of carbonyl (C=O) groups is 1. The van der Waals surface area contributed by atoms with Gasteiger partial charge in [0.1, 0.15) is 12.0 Å². The fourth-order valence-corrected chi connectivity index (χ4v) is 1.64. The molecule has 1 atom stereocenters. The van der Waals surface area contributed by atoms with Crippen LogP contribution in [0.25, 0.3) is 0 Å². The van der Waals surface area contributed by atoms with Crippen LogP contribution < -0.4 is 0 Å². The monoisotopic (exact) mass is 195 g/mol. The van der Waals surface area contributed by atoms with Crippen LogP contribution in [0, 0.1) is 0 Å². The molecule has 1 aromatic rings. The largest absolute Gasteiger partial charge is 0.448 e. The second-order valence-corrected chi connectivity index (χ2v) is 3.48. The van der Waals surface area contributed by atoms with Gasteiger partial charge in [-0.05, 0) is 19.3 Å². The van der Waals surface area contributed by atoms with E-state index < -0.39 is 0 Å². The Morgan fingerprint density at radius 1 is 1.57 bits per heavy atom. The molecule has 0 aliphatic carbocycles. The summed E-state index contributed by atoms with van der Waals surface area (Å²) in [6.45, 7) is 0.825. The summed E-state index contributed by atoms with van der Waals surface area (Å²) in [5.74, 6) is 0.596. The molecule has 0 radical (unpaired) electrons. The number of nitrogens with zero attached hydrogens (tertiary/aromatic N) is 1. The van der Waals surface area contributed by atoms with Gasteiger partial charge >= 0.3 is 0 Å². The van der Waals surface area contributed by atoms with E-state index in [0.717, 1.165) is 19.4 Å². The van der Waals surface area contributed by atoms with Gasteiger partial charge in [0, 0.05) is 6.61 Å². The van der Waals surface area contributed by atoms with Gasteiger partial charge in [0.05, 0.1) is 12.5 Å². The minimum absolute atomic E-state index is 0.210. The maximum atomic E-state index is 10.4. The van der Waals surface area contributed by atoms with Gasteiger partial charge < -0.3 is 9.15 Å². The van der Waals surface area contributed by atoms with Crippen LogP contribution in [0.5, 0.6) is 0 Å². The van der Waals surface area contributed by atoms with E-state index >= 15 is 0 Å². The summed E-state index contributed by atoms with van der Waals surface area (Å²) in [4.78, 5) is 14.4. The van der Waals surface area contributed by atoms with Gasteiger partial charge in [0.25, 0.3) is 0 Å². The van der Waals surface area contributed by atoms with Crippen LogP contribution in [-0.4, -0.2) is 24.0 Å². The molecule has 0 N–H and O–H groups in total. The predicted molar refractivity (Wildman–Crippen MR) is 49.2 cm³/mol. The first-order valence-corrected chi connectivity index (χ1v) is 4.89. The minimum Gasteiger partial charge on any atom is -0.448 e. The highest BCUT2D eigenvalue weighted by Gasteiger charge is 2.16. The third-order valence-electron chi connectivity index (χ3n) is 2.37. The van der Waals surface area contributed by atoms with E-state index in [1.165, 1.54) is 12.7 Å². The highest BCUT2D eigenvalue weighted by Crippen LogP contribution is 2.16. The maximum absolute atomic E-state index is 10.4. The van der Waals surface area contributed by atoms with E-state index in [0.29, 0.717) is 24.3 Å². The summed E-state index contributed by atoms with van der Waals surface area (Å²) in [6.07, 6.45) is 6.35.